The summed E-state index contributed by atoms with van der Waals surface area (Å²) in [7, 11) is 0. The molecule has 0 heterocycles. The van der Waals surface area contributed by atoms with Gasteiger partial charge in [-0.05, 0) is 24.8 Å². The molecule has 0 N–H and O–H groups in total. The number of ketones is 1. The molecule has 1 nitrogen and oxygen atoms in total. The van der Waals surface area contributed by atoms with Crippen molar-refractivity contribution in [3.63, 3.8) is 0 Å². The molecule has 0 aliphatic heterocycles. The summed E-state index contributed by atoms with van der Waals surface area (Å²) in [6, 6.07) is 9.43. The molecule has 20 heavy (non-hydrogen) atoms. The van der Waals surface area contributed by atoms with E-state index in [4.69, 9.17) is 0 Å². The van der Waals surface area contributed by atoms with Crippen molar-refractivity contribution in [2.75, 3.05) is 0 Å². The largest absolute Gasteiger partial charge is 0.392 e. The molecule has 0 radical (unpaired) electrons. The highest BCUT2D eigenvalue weighted by molar-refractivity contribution is 5.81. The minimum Gasteiger partial charge on any atom is -0.299 e. The van der Waals surface area contributed by atoms with Gasteiger partial charge in [0, 0.05) is 12.3 Å². The zero-order valence-corrected chi connectivity index (χ0v) is 11.3. The minimum absolute atomic E-state index is 0.102. The molecule has 1 saturated carbocycles. The molecule has 2 atom stereocenters. The Morgan fingerprint density at radius 2 is 1.75 bits per heavy atom. The second kappa shape index (κ2) is 6.42. The lowest BCUT2D eigenvalue weighted by Crippen LogP contribution is -2.37. The molecule has 0 bridgehead atoms. The number of Topliss-reactive ketones (excluding diaryl/α,β-unsaturated/α-hetero) is 1. The van der Waals surface area contributed by atoms with Gasteiger partial charge in [-0.25, -0.2) is 0 Å². The molecule has 0 aromatic heterocycles. The average molecular weight is 284 g/mol. The Labute approximate surface area is 117 Å². The molecule has 2 rings (SSSR count). The topological polar surface area (TPSA) is 17.1 Å². The number of hydrogen-bond donors (Lipinski definition) is 0. The van der Waals surface area contributed by atoms with Crippen LogP contribution in [0.15, 0.2) is 30.3 Å². The monoisotopic (exact) mass is 284 g/mol. The van der Waals surface area contributed by atoms with Gasteiger partial charge in [0.25, 0.3) is 0 Å². The van der Waals surface area contributed by atoms with E-state index in [2.05, 4.69) is 0 Å². The van der Waals surface area contributed by atoms with Crippen molar-refractivity contribution in [1.82, 2.24) is 0 Å². The van der Waals surface area contributed by atoms with E-state index >= 15 is 0 Å². The Balaban J connectivity index is 1.96. The van der Waals surface area contributed by atoms with Crippen LogP contribution in [0.25, 0.3) is 0 Å². The van der Waals surface area contributed by atoms with Crippen LogP contribution in [0.4, 0.5) is 13.2 Å². The fourth-order valence-electron chi connectivity index (χ4n) is 3.01. The third kappa shape index (κ3) is 3.84. The number of rotatable bonds is 4. The molecule has 1 aliphatic rings. The van der Waals surface area contributed by atoms with Gasteiger partial charge < -0.3 is 0 Å². The number of halogens is 3. The number of hydrogen-bond acceptors (Lipinski definition) is 1. The summed E-state index contributed by atoms with van der Waals surface area (Å²) in [4.78, 5) is 12.1. The van der Waals surface area contributed by atoms with E-state index in [-0.39, 0.29) is 18.6 Å². The molecule has 0 amide bonds. The van der Waals surface area contributed by atoms with Crippen LogP contribution >= 0.6 is 0 Å². The van der Waals surface area contributed by atoms with Gasteiger partial charge in [0.05, 0.1) is 5.92 Å². The second-order valence-corrected chi connectivity index (χ2v) is 5.49. The molecule has 0 saturated heterocycles. The van der Waals surface area contributed by atoms with Crippen molar-refractivity contribution in [3.8, 4) is 0 Å². The fourth-order valence-corrected chi connectivity index (χ4v) is 3.01. The van der Waals surface area contributed by atoms with Crippen LogP contribution in [0.1, 0.15) is 37.7 Å². The van der Waals surface area contributed by atoms with Crippen LogP contribution < -0.4 is 0 Å². The summed E-state index contributed by atoms with van der Waals surface area (Å²) in [6.45, 7) is 0. The molecule has 2 unspecified atom stereocenters. The van der Waals surface area contributed by atoms with Crippen molar-refractivity contribution in [1.29, 1.82) is 0 Å². The Morgan fingerprint density at radius 1 is 1.10 bits per heavy atom. The highest BCUT2D eigenvalue weighted by Crippen LogP contribution is 2.42. The smallest absolute Gasteiger partial charge is 0.299 e. The lowest BCUT2D eigenvalue weighted by molar-refractivity contribution is -0.197. The Kier molecular flexibility index (Phi) is 4.84. The van der Waals surface area contributed by atoms with Gasteiger partial charge in [-0.15, -0.1) is 0 Å². The highest BCUT2D eigenvalue weighted by Gasteiger charge is 2.47. The van der Waals surface area contributed by atoms with Crippen molar-refractivity contribution < 1.29 is 18.0 Å². The van der Waals surface area contributed by atoms with E-state index in [0.717, 1.165) is 12.0 Å². The third-order valence-corrected chi connectivity index (χ3v) is 4.10. The minimum atomic E-state index is -4.24. The highest BCUT2D eigenvalue weighted by atomic mass is 19.4. The van der Waals surface area contributed by atoms with Gasteiger partial charge in [0.15, 0.2) is 0 Å². The number of aryl methyl sites for hydroxylation is 1. The Morgan fingerprint density at radius 3 is 2.40 bits per heavy atom. The number of benzene rings is 1. The van der Waals surface area contributed by atoms with Crippen LogP contribution in [-0.4, -0.2) is 12.0 Å². The predicted octanol–water partition coefficient (Wildman–Crippen LogP) is 4.56. The summed E-state index contributed by atoms with van der Waals surface area (Å²) in [5.41, 5.74) is 1.00. The summed E-state index contributed by atoms with van der Waals surface area (Å²) in [5.74, 6) is -2.48. The van der Waals surface area contributed by atoms with E-state index in [0.29, 0.717) is 19.3 Å². The lowest BCUT2D eigenvalue weighted by Gasteiger charge is -2.32. The van der Waals surface area contributed by atoms with Crippen molar-refractivity contribution in [2.45, 2.75) is 44.7 Å². The zero-order valence-electron chi connectivity index (χ0n) is 11.3. The lowest BCUT2D eigenvalue weighted by atomic mass is 9.75. The molecular formula is C16H19F3O. The maximum atomic E-state index is 13.0. The Bertz CT molecular complexity index is 439. The van der Waals surface area contributed by atoms with E-state index in [9.17, 15) is 18.0 Å². The molecule has 1 aromatic carbocycles. The fraction of sp³-hybridized carbons (Fsp3) is 0.562. The maximum Gasteiger partial charge on any atom is 0.392 e. The molecule has 0 spiro atoms. The van der Waals surface area contributed by atoms with Crippen LogP contribution in [0.2, 0.25) is 0 Å². The van der Waals surface area contributed by atoms with E-state index < -0.39 is 18.0 Å². The normalized spacial score (nSPS) is 23.6. The van der Waals surface area contributed by atoms with Crippen molar-refractivity contribution in [3.05, 3.63) is 35.9 Å². The van der Waals surface area contributed by atoms with Gasteiger partial charge in [-0.2, -0.15) is 13.2 Å². The number of carbonyl (C=O) groups excluding carboxylic acids is 1. The van der Waals surface area contributed by atoms with E-state index in [1.807, 2.05) is 30.3 Å². The van der Waals surface area contributed by atoms with Crippen molar-refractivity contribution in [2.24, 2.45) is 11.8 Å². The predicted molar refractivity (Wildman–Crippen MR) is 71.3 cm³/mol. The molecule has 110 valence electrons. The van der Waals surface area contributed by atoms with Crippen molar-refractivity contribution >= 4 is 5.78 Å². The molecule has 1 aliphatic carbocycles. The van der Waals surface area contributed by atoms with E-state index in [1.54, 1.807) is 0 Å². The van der Waals surface area contributed by atoms with Gasteiger partial charge in [0.1, 0.15) is 5.78 Å². The molecular weight excluding hydrogens is 265 g/mol. The van der Waals surface area contributed by atoms with Crippen LogP contribution in [0, 0.1) is 11.8 Å². The molecule has 1 fully saturated rings. The summed E-state index contributed by atoms with van der Waals surface area (Å²) in [5, 5.41) is 0. The summed E-state index contributed by atoms with van der Waals surface area (Å²) in [6.07, 6.45) is -1.71. The SMILES string of the molecule is O=C(CCc1ccccc1)C1CCCCC1C(F)(F)F. The van der Waals surface area contributed by atoms with Crippen LogP contribution in [0.3, 0.4) is 0 Å². The van der Waals surface area contributed by atoms with E-state index in [1.165, 1.54) is 0 Å². The van der Waals surface area contributed by atoms with Crippen LogP contribution in [0.5, 0.6) is 0 Å². The standard InChI is InChI=1S/C16H19F3O/c17-16(18,19)14-9-5-4-8-13(14)15(20)11-10-12-6-2-1-3-7-12/h1-3,6-7,13-14H,4-5,8-11H2. The second-order valence-electron chi connectivity index (χ2n) is 5.49. The quantitative estimate of drug-likeness (QED) is 0.792. The first kappa shape index (κ1) is 15.1. The number of alkyl halides is 3. The summed E-state index contributed by atoms with van der Waals surface area (Å²) >= 11 is 0. The maximum absolute atomic E-state index is 13.0. The first-order valence-corrected chi connectivity index (χ1v) is 7.12. The first-order chi connectivity index (χ1) is 9.48. The Hall–Kier alpha value is -1.32. The molecule has 4 heteroatoms. The van der Waals surface area contributed by atoms with Crippen LogP contribution in [-0.2, 0) is 11.2 Å². The third-order valence-electron chi connectivity index (χ3n) is 4.10. The summed E-state index contributed by atoms with van der Waals surface area (Å²) < 4.78 is 38.9. The van der Waals surface area contributed by atoms with Gasteiger partial charge in [-0.1, -0.05) is 43.2 Å². The first-order valence-electron chi connectivity index (χ1n) is 7.12. The molecule has 1 aromatic rings. The number of carbonyl (C=O) groups is 1. The van der Waals surface area contributed by atoms with Gasteiger partial charge in [0.2, 0.25) is 0 Å². The van der Waals surface area contributed by atoms with Gasteiger partial charge in [-0.3, -0.25) is 4.79 Å². The van der Waals surface area contributed by atoms with Gasteiger partial charge >= 0.3 is 6.18 Å². The zero-order chi connectivity index (χ0) is 14.6. The average Bonchev–Trinajstić information content (AvgIpc) is 2.45.